The van der Waals surface area contributed by atoms with Crippen molar-refractivity contribution in [2.75, 3.05) is 11.5 Å². The van der Waals surface area contributed by atoms with Crippen molar-refractivity contribution < 1.29 is 14.6 Å². The number of aryl methyl sites for hydroxylation is 3. The molecule has 0 radical (unpaired) electrons. The monoisotopic (exact) mass is 529 g/mol. The zero-order valence-electron chi connectivity index (χ0n) is 22.7. The van der Waals surface area contributed by atoms with Gasteiger partial charge in [0.1, 0.15) is 11.7 Å². The maximum absolute atomic E-state index is 12.8. The van der Waals surface area contributed by atoms with E-state index >= 15 is 0 Å². The number of benzene rings is 2. The zero-order chi connectivity index (χ0) is 27.4. The van der Waals surface area contributed by atoms with E-state index in [4.69, 9.17) is 9.72 Å². The van der Waals surface area contributed by atoms with E-state index in [0.717, 1.165) is 41.2 Å². The molecule has 0 amide bonds. The number of imidazole rings is 1. The fourth-order valence-corrected chi connectivity index (χ4v) is 5.49. The van der Waals surface area contributed by atoms with Gasteiger partial charge >= 0.3 is 5.97 Å². The standard InChI is InChI=1S/C29H35N7O3/c1-4-22(29(38)39-6-3)28-30-23(5-2)26(18-37)36(28)16-19-11-14-25-21(15-19)13-12-20-9-7-8-10-24(20)35(25)17-27-31-33-34-32-27/h7-11,14-15,22,37H,4-6,12-13,16-18H2,1-3H3,(H,31,32,33,34). The highest BCUT2D eigenvalue weighted by molar-refractivity contribution is 5.77. The number of nitrogens with zero attached hydrogens (tertiary/aromatic N) is 6. The lowest BCUT2D eigenvalue weighted by Crippen LogP contribution is -2.21. The van der Waals surface area contributed by atoms with Gasteiger partial charge in [0.15, 0.2) is 5.82 Å². The van der Waals surface area contributed by atoms with Crippen molar-refractivity contribution >= 4 is 17.3 Å². The van der Waals surface area contributed by atoms with E-state index in [0.29, 0.717) is 44.2 Å². The van der Waals surface area contributed by atoms with E-state index in [2.05, 4.69) is 68.0 Å². The van der Waals surface area contributed by atoms with Gasteiger partial charge < -0.3 is 19.3 Å². The minimum atomic E-state index is -0.490. The van der Waals surface area contributed by atoms with Gasteiger partial charge in [0.25, 0.3) is 0 Å². The highest BCUT2D eigenvalue weighted by Gasteiger charge is 2.29. The van der Waals surface area contributed by atoms with Crippen LogP contribution < -0.4 is 4.90 Å². The molecular formula is C29H35N7O3. The Bertz CT molecular complexity index is 1430. The van der Waals surface area contributed by atoms with Crippen LogP contribution in [0.25, 0.3) is 0 Å². The molecule has 1 unspecified atom stereocenters. The second-order valence-electron chi connectivity index (χ2n) is 9.68. The summed E-state index contributed by atoms with van der Waals surface area (Å²) in [5.41, 5.74) is 7.37. The number of para-hydroxylation sites is 1. The van der Waals surface area contributed by atoms with Crippen molar-refractivity contribution in [2.45, 2.75) is 72.1 Å². The highest BCUT2D eigenvalue weighted by atomic mass is 16.5. The topological polar surface area (TPSA) is 122 Å². The number of aliphatic hydroxyl groups excluding tert-OH is 1. The summed E-state index contributed by atoms with van der Waals surface area (Å²) >= 11 is 0. The number of hydrogen-bond acceptors (Lipinski definition) is 8. The number of carbonyl (C=O) groups excluding carboxylic acids is 1. The van der Waals surface area contributed by atoms with Gasteiger partial charge in [-0.3, -0.25) is 4.79 Å². The first-order valence-corrected chi connectivity index (χ1v) is 13.6. The lowest BCUT2D eigenvalue weighted by Gasteiger charge is -2.26. The van der Waals surface area contributed by atoms with E-state index in [9.17, 15) is 9.90 Å². The van der Waals surface area contributed by atoms with Crippen LogP contribution in [0, 0.1) is 0 Å². The molecule has 204 valence electrons. The van der Waals surface area contributed by atoms with E-state index in [-0.39, 0.29) is 12.6 Å². The number of fused-ring (bicyclic) bond motifs is 2. The van der Waals surface area contributed by atoms with Crippen LogP contribution in [0.5, 0.6) is 0 Å². The first kappa shape index (κ1) is 26.6. The number of aromatic amines is 1. The maximum atomic E-state index is 12.8. The summed E-state index contributed by atoms with van der Waals surface area (Å²) in [5, 5.41) is 25.0. The Hall–Kier alpha value is -4.05. The average molecular weight is 530 g/mol. The number of tetrazole rings is 1. The van der Waals surface area contributed by atoms with Crippen LogP contribution in [0.2, 0.25) is 0 Å². The third-order valence-corrected chi connectivity index (χ3v) is 7.37. The summed E-state index contributed by atoms with van der Waals surface area (Å²) in [5.74, 6) is 0.499. The number of carbonyl (C=O) groups is 1. The molecule has 1 aliphatic heterocycles. The molecule has 39 heavy (non-hydrogen) atoms. The molecule has 2 aromatic heterocycles. The van der Waals surface area contributed by atoms with Gasteiger partial charge in [-0.15, -0.1) is 10.2 Å². The Morgan fingerprint density at radius 2 is 1.87 bits per heavy atom. The molecule has 0 fully saturated rings. The Balaban J connectivity index is 1.54. The normalized spacial score (nSPS) is 13.5. The Morgan fingerprint density at radius 3 is 2.59 bits per heavy atom. The molecule has 10 heteroatoms. The lowest BCUT2D eigenvalue weighted by atomic mass is 10.0. The molecular weight excluding hydrogens is 494 g/mol. The van der Waals surface area contributed by atoms with E-state index in [1.54, 1.807) is 0 Å². The summed E-state index contributed by atoms with van der Waals surface area (Å²) in [7, 11) is 0. The van der Waals surface area contributed by atoms with Gasteiger partial charge in [0, 0.05) is 17.9 Å². The number of nitrogens with one attached hydrogen (secondary N) is 1. The first-order valence-electron chi connectivity index (χ1n) is 13.6. The summed E-state index contributed by atoms with van der Waals surface area (Å²) in [6.45, 7) is 6.95. The minimum absolute atomic E-state index is 0.145. The van der Waals surface area contributed by atoms with Gasteiger partial charge in [-0.25, -0.2) is 4.98 Å². The summed E-state index contributed by atoms with van der Waals surface area (Å²) < 4.78 is 7.38. The number of aliphatic hydroxyl groups is 1. The fourth-order valence-electron chi connectivity index (χ4n) is 5.49. The van der Waals surface area contributed by atoms with Gasteiger partial charge in [0.05, 0.1) is 31.1 Å². The van der Waals surface area contributed by atoms with Crippen molar-refractivity contribution in [3.8, 4) is 0 Å². The summed E-state index contributed by atoms with van der Waals surface area (Å²) in [6, 6.07) is 14.9. The minimum Gasteiger partial charge on any atom is -0.465 e. The summed E-state index contributed by atoms with van der Waals surface area (Å²) in [4.78, 5) is 19.9. The molecule has 4 aromatic rings. The lowest BCUT2D eigenvalue weighted by molar-refractivity contribution is -0.145. The number of hydrogen-bond donors (Lipinski definition) is 2. The highest BCUT2D eigenvalue weighted by Crippen LogP contribution is 2.37. The van der Waals surface area contributed by atoms with E-state index < -0.39 is 5.92 Å². The summed E-state index contributed by atoms with van der Waals surface area (Å²) in [6.07, 6.45) is 3.03. The van der Waals surface area contributed by atoms with Crippen LogP contribution in [0.3, 0.4) is 0 Å². The predicted molar refractivity (Wildman–Crippen MR) is 147 cm³/mol. The molecule has 0 aliphatic carbocycles. The molecule has 3 heterocycles. The third kappa shape index (κ3) is 5.29. The smallest absolute Gasteiger partial charge is 0.316 e. The molecule has 5 rings (SSSR count). The van der Waals surface area contributed by atoms with Crippen LogP contribution >= 0.6 is 0 Å². The third-order valence-electron chi connectivity index (χ3n) is 7.37. The quantitative estimate of drug-likeness (QED) is 0.296. The Labute approximate surface area is 228 Å². The number of esters is 1. The van der Waals surface area contributed by atoms with Crippen LogP contribution in [0.4, 0.5) is 11.4 Å². The second-order valence-corrected chi connectivity index (χ2v) is 9.68. The van der Waals surface area contributed by atoms with Crippen LogP contribution in [-0.2, 0) is 48.5 Å². The first-order chi connectivity index (χ1) is 19.1. The van der Waals surface area contributed by atoms with E-state index in [1.807, 2.05) is 25.3 Å². The molecule has 0 bridgehead atoms. The molecule has 2 aromatic carbocycles. The SMILES string of the molecule is CCOC(=O)C(CC)c1nc(CC)c(CO)n1Cc1ccc2c(c1)CCc1ccccc1N2Cc1nn[nH]n1. The maximum Gasteiger partial charge on any atom is 0.316 e. The van der Waals surface area contributed by atoms with Crippen molar-refractivity contribution in [2.24, 2.45) is 0 Å². The Kier molecular flexibility index (Phi) is 8.02. The number of ether oxygens (including phenoxy) is 1. The van der Waals surface area contributed by atoms with Crippen LogP contribution in [-0.4, -0.2) is 47.9 Å². The van der Waals surface area contributed by atoms with E-state index in [1.165, 1.54) is 11.1 Å². The average Bonchev–Trinajstić information content (AvgIpc) is 3.56. The molecule has 0 saturated heterocycles. The van der Waals surface area contributed by atoms with Crippen molar-refractivity contribution in [3.63, 3.8) is 0 Å². The fraction of sp³-hybridized carbons (Fsp3) is 0.414. The molecule has 1 atom stereocenters. The number of aromatic nitrogens is 6. The van der Waals surface area contributed by atoms with Crippen molar-refractivity contribution in [1.82, 2.24) is 30.2 Å². The number of H-pyrrole nitrogens is 1. The Morgan fingerprint density at radius 1 is 1.08 bits per heavy atom. The molecule has 0 saturated carbocycles. The molecule has 10 nitrogen and oxygen atoms in total. The van der Waals surface area contributed by atoms with Crippen LogP contribution in [0.1, 0.15) is 72.8 Å². The predicted octanol–water partition coefficient (Wildman–Crippen LogP) is 3.99. The second kappa shape index (κ2) is 11.8. The van der Waals surface area contributed by atoms with Gasteiger partial charge in [-0.2, -0.15) is 5.21 Å². The molecule has 0 spiro atoms. The number of anilines is 2. The van der Waals surface area contributed by atoms with Gasteiger partial charge in [0.2, 0.25) is 0 Å². The van der Waals surface area contributed by atoms with Crippen LogP contribution in [0.15, 0.2) is 42.5 Å². The van der Waals surface area contributed by atoms with Crippen molar-refractivity contribution in [1.29, 1.82) is 0 Å². The molecule has 2 N–H and O–H groups in total. The van der Waals surface area contributed by atoms with Gasteiger partial charge in [-0.1, -0.05) is 49.4 Å². The van der Waals surface area contributed by atoms with Gasteiger partial charge in [-0.05, 0) is 61.4 Å². The number of rotatable bonds is 10. The van der Waals surface area contributed by atoms with Crippen molar-refractivity contribution in [3.05, 3.63) is 82.2 Å². The molecule has 1 aliphatic rings. The largest absolute Gasteiger partial charge is 0.465 e. The zero-order valence-corrected chi connectivity index (χ0v) is 22.7.